The highest BCUT2D eigenvalue weighted by Crippen LogP contribution is 2.27. The molecular formula is C18H20N2O3. The molecule has 1 fully saturated rings. The molecule has 2 amide bonds. The minimum atomic E-state index is -0.303. The number of amides is 2. The lowest BCUT2D eigenvalue weighted by Crippen LogP contribution is -2.34. The normalized spacial score (nSPS) is 17.6. The highest BCUT2D eigenvalue weighted by Gasteiger charge is 2.36. The standard InChI is InChI=1S/C18H20N2O3/c1-13-5-3-6-15(9-13)20-11-14(10-17(20)21)18(22)19(2)12-16-7-4-8-23-16/h3-9,14H,10-12H2,1-2H3. The van der Waals surface area contributed by atoms with Crippen LogP contribution >= 0.6 is 0 Å². The third-order valence-corrected chi connectivity index (χ3v) is 4.14. The maximum Gasteiger partial charge on any atom is 0.228 e. The number of aryl methyl sites for hydroxylation is 1. The van der Waals surface area contributed by atoms with Gasteiger partial charge in [-0.15, -0.1) is 0 Å². The molecule has 0 saturated carbocycles. The highest BCUT2D eigenvalue weighted by atomic mass is 16.3. The van der Waals surface area contributed by atoms with E-state index < -0.39 is 0 Å². The van der Waals surface area contributed by atoms with Crippen LogP contribution in [0.3, 0.4) is 0 Å². The number of carbonyl (C=O) groups is 2. The number of benzene rings is 1. The van der Waals surface area contributed by atoms with Gasteiger partial charge in [-0.3, -0.25) is 9.59 Å². The minimum Gasteiger partial charge on any atom is -0.467 e. The second-order valence-electron chi connectivity index (χ2n) is 6.02. The van der Waals surface area contributed by atoms with Crippen molar-refractivity contribution in [3.8, 4) is 0 Å². The first-order valence-corrected chi connectivity index (χ1v) is 7.69. The Morgan fingerprint density at radius 2 is 2.17 bits per heavy atom. The van der Waals surface area contributed by atoms with Gasteiger partial charge in [0.05, 0.1) is 18.7 Å². The number of anilines is 1. The molecule has 23 heavy (non-hydrogen) atoms. The van der Waals surface area contributed by atoms with Crippen molar-refractivity contribution >= 4 is 17.5 Å². The minimum absolute atomic E-state index is 0.000323. The van der Waals surface area contributed by atoms with E-state index in [1.54, 1.807) is 29.2 Å². The van der Waals surface area contributed by atoms with Gasteiger partial charge in [-0.1, -0.05) is 12.1 Å². The molecule has 0 N–H and O–H groups in total. The summed E-state index contributed by atoms with van der Waals surface area (Å²) in [5.74, 6) is 0.411. The van der Waals surface area contributed by atoms with Crippen LogP contribution in [0.15, 0.2) is 47.1 Å². The Balaban J connectivity index is 1.68. The van der Waals surface area contributed by atoms with Gasteiger partial charge < -0.3 is 14.2 Å². The van der Waals surface area contributed by atoms with Gasteiger partial charge in [0.1, 0.15) is 5.76 Å². The molecular weight excluding hydrogens is 292 g/mol. The van der Waals surface area contributed by atoms with E-state index in [0.717, 1.165) is 17.0 Å². The average molecular weight is 312 g/mol. The van der Waals surface area contributed by atoms with Gasteiger partial charge in [0, 0.05) is 25.7 Å². The predicted molar refractivity (Wildman–Crippen MR) is 86.8 cm³/mol. The maximum absolute atomic E-state index is 12.6. The van der Waals surface area contributed by atoms with Gasteiger partial charge in [-0.05, 0) is 36.8 Å². The van der Waals surface area contributed by atoms with E-state index in [0.29, 0.717) is 13.1 Å². The Hall–Kier alpha value is -2.56. The third kappa shape index (κ3) is 3.28. The van der Waals surface area contributed by atoms with Crippen LogP contribution in [-0.2, 0) is 16.1 Å². The lowest BCUT2D eigenvalue weighted by Gasteiger charge is -2.21. The zero-order chi connectivity index (χ0) is 16.4. The molecule has 2 aromatic rings. The Morgan fingerprint density at radius 1 is 1.35 bits per heavy atom. The van der Waals surface area contributed by atoms with Crippen LogP contribution in [0.4, 0.5) is 5.69 Å². The van der Waals surface area contributed by atoms with E-state index in [4.69, 9.17) is 4.42 Å². The second-order valence-corrected chi connectivity index (χ2v) is 6.02. The van der Waals surface area contributed by atoms with E-state index in [9.17, 15) is 9.59 Å². The van der Waals surface area contributed by atoms with Gasteiger partial charge in [0.15, 0.2) is 0 Å². The van der Waals surface area contributed by atoms with Crippen LogP contribution in [-0.4, -0.2) is 30.3 Å². The molecule has 1 aliphatic rings. The van der Waals surface area contributed by atoms with Crippen molar-refractivity contribution in [1.29, 1.82) is 0 Å². The molecule has 5 nitrogen and oxygen atoms in total. The first-order chi connectivity index (χ1) is 11.0. The number of nitrogens with zero attached hydrogens (tertiary/aromatic N) is 2. The van der Waals surface area contributed by atoms with Crippen LogP contribution in [0.2, 0.25) is 0 Å². The smallest absolute Gasteiger partial charge is 0.228 e. The van der Waals surface area contributed by atoms with Gasteiger partial charge in [0.2, 0.25) is 11.8 Å². The number of rotatable bonds is 4. The second kappa shape index (κ2) is 6.28. The molecule has 0 spiro atoms. The van der Waals surface area contributed by atoms with Crippen molar-refractivity contribution in [3.63, 3.8) is 0 Å². The predicted octanol–water partition coefficient (Wildman–Crippen LogP) is 2.60. The van der Waals surface area contributed by atoms with Crippen LogP contribution in [0.1, 0.15) is 17.7 Å². The topological polar surface area (TPSA) is 53.8 Å². The molecule has 120 valence electrons. The molecule has 0 radical (unpaired) electrons. The van der Waals surface area contributed by atoms with Crippen molar-refractivity contribution in [2.75, 3.05) is 18.5 Å². The van der Waals surface area contributed by atoms with Crippen molar-refractivity contribution < 1.29 is 14.0 Å². The van der Waals surface area contributed by atoms with Crippen LogP contribution in [0.25, 0.3) is 0 Å². The summed E-state index contributed by atoms with van der Waals surface area (Å²) in [7, 11) is 1.74. The lowest BCUT2D eigenvalue weighted by atomic mass is 10.1. The van der Waals surface area contributed by atoms with E-state index in [-0.39, 0.29) is 24.2 Å². The Labute approximate surface area is 135 Å². The summed E-state index contributed by atoms with van der Waals surface area (Å²) in [5.41, 5.74) is 1.96. The van der Waals surface area contributed by atoms with Gasteiger partial charge in [-0.2, -0.15) is 0 Å². The van der Waals surface area contributed by atoms with Crippen molar-refractivity contribution in [1.82, 2.24) is 4.90 Å². The maximum atomic E-state index is 12.6. The fraction of sp³-hybridized carbons (Fsp3) is 0.333. The zero-order valence-corrected chi connectivity index (χ0v) is 13.4. The summed E-state index contributed by atoms with van der Waals surface area (Å²) in [6.45, 7) is 2.84. The van der Waals surface area contributed by atoms with Gasteiger partial charge >= 0.3 is 0 Å². The molecule has 1 atom stereocenters. The first kappa shape index (κ1) is 15.3. The summed E-state index contributed by atoms with van der Waals surface area (Å²) in [5, 5.41) is 0. The number of furan rings is 1. The summed E-state index contributed by atoms with van der Waals surface area (Å²) >= 11 is 0. The van der Waals surface area contributed by atoms with E-state index in [2.05, 4.69) is 0 Å². The molecule has 1 saturated heterocycles. The van der Waals surface area contributed by atoms with Crippen molar-refractivity contribution in [2.24, 2.45) is 5.92 Å². The lowest BCUT2D eigenvalue weighted by molar-refractivity contribution is -0.135. The molecule has 3 rings (SSSR count). The summed E-state index contributed by atoms with van der Waals surface area (Å²) < 4.78 is 5.27. The number of hydrogen-bond donors (Lipinski definition) is 0. The molecule has 1 unspecified atom stereocenters. The van der Waals surface area contributed by atoms with Crippen molar-refractivity contribution in [2.45, 2.75) is 19.9 Å². The van der Waals surface area contributed by atoms with Crippen molar-refractivity contribution in [3.05, 3.63) is 54.0 Å². The van der Waals surface area contributed by atoms with Gasteiger partial charge in [0.25, 0.3) is 0 Å². The Kier molecular flexibility index (Phi) is 4.19. The zero-order valence-electron chi connectivity index (χ0n) is 13.4. The fourth-order valence-electron chi connectivity index (χ4n) is 2.94. The molecule has 2 heterocycles. The quantitative estimate of drug-likeness (QED) is 0.872. The molecule has 1 aromatic heterocycles. The molecule has 5 heteroatoms. The van der Waals surface area contributed by atoms with Crippen LogP contribution < -0.4 is 4.90 Å². The Morgan fingerprint density at radius 3 is 2.87 bits per heavy atom. The SMILES string of the molecule is Cc1cccc(N2CC(C(=O)N(C)Cc3ccco3)CC2=O)c1. The van der Waals surface area contributed by atoms with Crippen LogP contribution in [0.5, 0.6) is 0 Å². The van der Waals surface area contributed by atoms with E-state index in [1.165, 1.54) is 0 Å². The molecule has 1 aromatic carbocycles. The average Bonchev–Trinajstić information content (AvgIpc) is 3.16. The van der Waals surface area contributed by atoms with E-state index in [1.807, 2.05) is 37.3 Å². The monoisotopic (exact) mass is 312 g/mol. The number of hydrogen-bond acceptors (Lipinski definition) is 3. The Bertz CT molecular complexity index is 709. The summed E-state index contributed by atoms with van der Waals surface area (Å²) in [6, 6.07) is 11.4. The summed E-state index contributed by atoms with van der Waals surface area (Å²) in [6.07, 6.45) is 1.85. The van der Waals surface area contributed by atoms with E-state index >= 15 is 0 Å². The molecule has 1 aliphatic heterocycles. The molecule has 0 bridgehead atoms. The highest BCUT2D eigenvalue weighted by molar-refractivity contribution is 6.00. The fourth-order valence-corrected chi connectivity index (χ4v) is 2.94. The van der Waals surface area contributed by atoms with Crippen LogP contribution in [0, 0.1) is 12.8 Å². The largest absolute Gasteiger partial charge is 0.467 e. The van der Waals surface area contributed by atoms with Gasteiger partial charge in [-0.25, -0.2) is 0 Å². The number of carbonyl (C=O) groups excluding carboxylic acids is 2. The first-order valence-electron chi connectivity index (χ1n) is 7.69. The summed E-state index contributed by atoms with van der Waals surface area (Å²) in [4.78, 5) is 28.2. The third-order valence-electron chi connectivity index (χ3n) is 4.14. The molecule has 0 aliphatic carbocycles.